The van der Waals surface area contributed by atoms with Gasteiger partial charge in [-0.15, -0.1) is 0 Å². The highest BCUT2D eigenvalue weighted by atomic mass is 35.5. The summed E-state index contributed by atoms with van der Waals surface area (Å²) < 4.78 is 81.1. The van der Waals surface area contributed by atoms with Crippen LogP contribution in [-0.2, 0) is 46.9 Å². The van der Waals surface area contributed by atoms with Crippen LogP contribution in [-0.4, -0.2) is 69.4 Å². The maximum absolute atomic E-state index is 13.0. The minimum Gasteiger partial charge on any atom is -0.481 e. The molecule has 1 aromatic carbocycles. The molecule has 4 rings (SSSR count). The largest absolute Gasteiger partial charge is 0.534 e. The van der Waals surface area contributed by atoms with Crippen LogP contribution in [0.15, 0.2) is 6.07 Å². The van der Waals surface area contributed by atoms with E-state index in [-0.39, 0.29) is 46.9 Å². The van der Waals surface area contributed by atoms with Crippen LogP contribution >= 0.6 is 11.6 Å². The summed E-state index contributed by atoms with van der Waals surface area (Å²) in [6.45, 7) is 4.57. The number of benzene rings is 1. The average Bonchev–Trinajstić information content (AvgIpc) is 3.46. The molecule has 0 spiro atoms. The van der Waals surface area contributed by atoms with E-state index in [0.29, 0.717) is 17.2 Å². The van der Waals surface area contributed by atoms with Crippen molar-refractivity contribution in [3.05, 3.63) is 27.8 Å². The molecule has 2 aliphatic heterocycles. The van der Waals surface area contributed by atoms with Gasteiger partial charge >= 0.3 is 15.6 Å². The molecule has 1 amide bonds. The van der Waals surface area contributed by atoms with Crippen LogP contribution in [0.2, 0.25) is 5.02 Å². The fraction of sp³-hybridized carbons (Fsp3) is 0.478. The summed E-state index contributed by atoms with van der Waals surface area (Å²) in [6, 6.07) is 0.419. The Morgan fingerprint density at radius 1 is 1.26 bits per heavy atom. The van der Waals surface area contributed by atoms with Crippen molar-refractivity contribution >= 4 is 51.3 Å². The molecule has 0 aliphatic carbocycles. The highest BCUT2D eigenvalue weighted by Gasteiger charge is 2.50. The van der Waals surface area contributed by atoms with E-state index in [1.165, 1.54) is 6.07 Å². The average molecular weight is 599 g/mol. The number of amides is 1. The van der Waals surface area contributed by atoms with E-state index in [4.69, 9.17) is 16.3 Å². The molecule has 216 valence electrons. The first-order valence-electron chi connectivity index (χ1n) is 11.4. The van der Waals surface area contributed by atoms with Crippen molar-refractivity contribution in [3.8, 4) is 11.6 Å². The molecule has 2 atom stereocenters. The Morgan fingerprint density at radius 3 is 2.41 bits per heavy atom. The molecular weight excluding hydrogens is 573 g/mol. The molecule has 0 radical (unpaired) electrons. The Labute approximate surface area is 227 Å². The van der Waals surface area contributed by atoms with Gasteiger partial charge in [0.05, 0.1) is 23.1 Å². The van der Waals surface area contributed by atoms with Gasteiger partial charge in [-0.25, -0.2) is 4.98 Å². The Hall–Kier alpha value is -3.17. The lowest BCUT2D eigenvalue weighted by atomic mass is 9.94. The van der Waals surface area contributed by atoms with E-state index >= 15 is 0 Å². The smallest absolute Gasteiger partial charge is 0.481 e. The van der Waals surface area contributed by atoms with Crippen molar-refractivity contribution in [2.45, 2.75) is 51.4 Å². The highest BCUT2D eigenvalue weighted by Crippen LogP contribution is 2.49. The molecule has 39 heavy (non-hydrogen) atoms. The lowest BCUT2D eigenvalue weighted by Gasteiger charge is -2.22. The number of carbonyl (C=O) groups is 3. The van der Waals surface area contributed by atoms with Gasteiger partial charge in [-0.3, -0.25) is 14.4 Å². The number of halogens is 4. The Bertz CT molecular complexity index is 1350. The predicted molar refractivity (Wildman–Crippen MR) is 132 cm³/mol. The lowest BCUT2D eigenvalue weighted by molar-refractivity contribution is -0.144. The number of carbonyl (C=O) groups excluding carboxylic acids is 3. The predicted octanol–water partition coefficient (Wildman–Crippen LogP) is 3.48. The maximum atomic E-state index is 13.0. The summed E-state index contributed by atoms with van der Waals surface area (Å²) in [7, 11) is -2.84. The molecule has 0 fully saturated rings. The van der Waals surface area contributed by atoms with Gasteiger partial charge in [0.2, 0.25) is 5.88 Å². The van der Waals surface area contributed by atoms with E-state index in [1.54, 1.807) is 21.1 Å². The zero-order chi connectivity index (χ0) is 29.7. The normalized spacial score (nSPS) is 17.5. The Kier molecular flexibility index (Phi) is 10.5. The topological polar surface area (TPSA) is 138 Å². The number of aromatic nitrogens is 1. The van der Waals surface area contributed by atoms with Gasteiger partial charge in [-0.2, -0.15) is 21.6 Å². The van der Waals surface area contributed by atoms with Gasteiger partial charge < -0.3 is 23.3 Å². The summed E-state index contributed by atoms with van der Waals surface area (Å²) in [5.74, 6) is -1.39. The first-order valence-corrected chi connectivity index (χ1v) is 13.1. The Morgan fingerprint density at radius 2 is 1.87 bits per heavy atom. The monoisotopic (exact) mass is 598 g/mol. The summed E-state index contributed by atoms with van der Waals surface area (Å²) >= 11 is 6.22. The molecule has 1 aromatic heterocycles. The van der Waals surface area contributed by atoms with Gasteiger partial charge in [0.25, 0.3) is 12.4 Å². The molecule has 3 heterocycles. The summed E-state index contributed by atoms with van der Waals surface area (Å²) in [4.78, 5) is 39.5. The van der Waals surface area contributed by atoms with Gasteiger partial charge in [-0.05, 0) is 18.6 Å². The number of rotatable bonds is 6. The second-order valence-corrected chi connectivity index (χ2v) is 9.81. The standard InChI is InChI=1S/C19H14ClF3N2O8S.C2H6O.C2H6/c1-8-15-11(4-25(8)14(28)6-31-7-27)18(33-34(29,30)19(21,22)23)24-13-3-12(20)17-10(16(13)15)2-9(5-26)32-17;1-3-2;1-2/h3,5,7-9H,2,4,6H2,1H3;1-2H3;1-2H3/t8-,9?;;/m0../s1. The first-order chi connectivity index (χ1) is 18.3. The molecule has 0 bridgehead atoms. The van der Waals surface area contributed by atoms with Gasteiger partial charge in [0.1, 0.15) is 5.75 Å². The molecule has 2 aromatic rings. The van der Waals surface area contributed by atoms with Gasteiger partial charge in [-0.1, -0.05) is 25.4 Å². The molecule has 11 nitrogen and oxygen atoms in total. The molecular formula is C23H26ClF3N2O9S. The number of pyridine rings is 1. The second-order valence-electron chi connectivity index (χ2n) is 7.86. The van der Waals surface area contributed by atoms with E-state index in [1.807, 2.05) is 13.8 Å². The van der Waals surface area contributed by atoms with Crippen molar-refractivity contribution in [2.24, 2.45) is 0 Å². The van der Waals surface area contributed by atoms with Crippen LogP contribution in [0.5, 0.6) is 11.6 Å². The molecule has 0 saturated heterocycles. The summed E-state index contributed by atoms with van der Waals surface area (Å²) in [5, 5.41) is 0.344. The fourth-order valence-electron chi connectivity index (χ4n) is 4.08. The lowest BCUT2D eigenvalue weighted by Crippen LogP contribution is -2.31. The van der Waals surface area contributed by atoms with Crippen molar-refractivity contribution in [3.63, 3.8) is 0 Å². The number of alkyl halides is 3. The third-order valence-electron chi connectivity index (χ3n) is 5.49. The van der Waals surface area contributed by atoms with Crippen LogP contribution in [0.1, 0.15) is 43.5 Å². The SMILES string of the molecule is CC.COC.C[C@H]1c2c(c(OS(=O)(=O)C(F)(F)F)nc3cc(Cl)c4c(c23)CC(C=O)O4)CN1C(=O)COC=O. The number of ether oxygens (including phenoxy) is 3. The number of hydrogen-bond donors (Lipinski definition) is 0. The number of nitrogens with zero attached hydrogens (tertiary/aromatic N) is 2. The van der Waals surface area contributed by atoms with Crippen molar-refractivity contribution in [1.82, 2.24) is 9.88 Å². The van der Waals surface area contributed by atoms with E-state index in [0.717, 1.165) is 4.90 Å². The van der Waals surface area contributed by atoms with E-state index < -0.39 is 46.2 Å². The maximum Gasteiger partial charge on any atom is 0.534 e. The minimum atomic E-state index is -6.09. The highest BCUT2D eigenvalue weighted by molar-refractivity contribution is 7.88. The zero-order valence-corrected chi connectivity index (χ0v) is 23.1. The number of fused-ring (bicyclic) bond motifs is 5. The van der Waals surface area contributed by atoms with E-state index in [2.05, 4.69) is 18.6 Å². The first kappa shape index (κ1) is 32.0. The van der Waals surface area contributed by atoms with Crippen molar-refractivity contribution in [2.75, 3.05) is 20.8 Å². The molecule has 0 N–H and O–H groups in total. The molecule has 1 unspecified atom stereocenters. The van der Waals surface area contributed by atoms with Crippen LogP contribution in [0.25, 0.3) is 10.9 Å². The van der Waals surface area contributed by atoms with Crippen LogP contribution in [0, 0.1) is 0 Å². The van der Waals surface area contributed by atoms with Gasteiger partial charge in [0.15, 0.2) is 19.0 Å². The van der Waals surface area contributed by atoms with Crippen molar-refractivity contribution < 1.29 is 54.4 Å². The molecule has 2 aliphatic rings. The molecule has 16 heteroatoms. The molecule has 0 saturated carbocycles. The van der Waals surface area contributed by atoms with E-state index in [9.17, 15) is 36.0 Å². The third-order valence-corrected chi connectivity index (χ3v) is 6.72. The van der Waals surface area contributed by atoms with Crippen LogP contribution < -0.4 is 8.92 Å². The zero-order valence-electron chi connectivity index (χ0n) is 21.5. The van der Waals surface area contributed by atoms with Crippen molar-refractivity contribution in [1.29, 1.82) is 0 Å². The Balaban J connectivity index is 0.000000998. The summed E-state index contributed by atoms with van der Waals surface area (Å²) in [6.07, 6.45) is -0.245. The quantitative estimate of drug-likeness (QED) is 0.276. The third kappa shape index (κ3) is 6.36. The summed E-state index contributed by atoms with van der Waals surface area (Å²) in [5.41, 5.74) is -5.16. The fourth-order valence-corrected chi connectivity index (χ4v) is 4.79. The van der Waals surface area contributed by atoms with Crippen LogP contribution in [0.3, 0.4) is 0 Å². The minimum absolute atomic E-state index is 0.00175. The number of hydrogen-bond acceptors (Lipinski definition) is 10. The van der Waals surface area contributed by atoms with Crippen LogP contribution in [0.4, 0.5) is 13.2 Å². The second kappa shape index (κ2) is 12.8. The number of aldehydes is 1. The number of methoxy groups -OCH3 is 1. The van der Waals surface area contributed by atoms with Gasteiger partial charge in [0, 0.05) is 37.2 Å².